The van der Waals surface area contributed by atoms with Crippen LogP contribution in [0.25, 0.3) is 5.69 Å². The van der Waals surface area contributed by atoms with Crippen LogP contribution in [0.1, 0.15) is 23.1 Å². The molecule has 1 aromatic heterocycles. The molecule has 1 unspecified atom stereocenters. The lowest BCUT2D eigenvalue weighted by atomic mass is 10.1. The van der Waals surface area contributed by atoms with Crippen molar-refractivity contribution in [3.63, 3.8) is 0 Å². The average Bonchev–Trinajstić information content (AvgIpc) is 3.17. The summed E-state index contributed by atoms with van der Waals surface area (Å²) in [5.41, 5.74) is 2.46. The van der Waals surface area contributed by atoms with E-state index >= 15 is 0 Å². The van der Waals surface area contributed by atoms with Crippen molar-refractivity contribution in [1.29, 1.82) is 0 Å². The van der Waals surface area contributed by atoms with Gasteiger partial charge in [0.1, 0.15) is 11.9 Å². The minimum Gasteiger partial charge on any atom is -0.380 e. The Hall–Kier alpha value is -2.96. The van der Waals surface area contributed by atoms with Crippen molar-refractivity contribution in [3.8, 4) is 5.69 Å². The molecule has 0 spiro atoms. The van der Waals surface area contributed by atoms with E-state index < -0.39 is 6.10 Å². The fraction of sp³-hybridized carbons (Fsp3) is 0.0909. The van der Waals surface area contributed by atoms with Crippen LogP contribution in [0.2, 0.25) is 0 Å². The molecule has 0 fully saturated rings. The molecule has 0 radical (unpaired) electrons. The Morgan fingerprint density at radius 1 is 0.893 bits per heavy atom. The van der Waals surface area contributed by atoms with Crippen molar-refractivity contribution in [1.82, 2.24) is 14.8 Å². The number of benzene rings is 3. The number of aliphatic hydroxyl groups excluding tert-OH is 1. The number of aliphatic hydroxyl groups is 1. The number of aromatic nitrogens is 3. The summed E-state index contributed by atoms with van der Waals surface area (Å²) in [7, 11) is 0. The van der Waals surface area contributed by atoms with E-state index in [4.69, 9.17) is 0 Å². The molecule has 1 heterocycles. The van der Waals surface area contributed by atoms with Gasteiger partial charge in [0.15, 0.2) is 11.0 Å². The van der Waals surface area contributed by atoms with Crippen LogP contribution in [-0.2, 0) is 5.75 Å². The monoisotopic (exact) mass is 391 g/mol. The van der Waals surface area contributed by atoms with E-state index in [0.29, 0.717) is 16.7 Å². The maximum absolute atomic E-state index is 13.5. The highest BCUT2D eigenvalue weighted by Gasteiger charge is 2.22. The summed E-state index contributed by atoms with van der Waals surface area (Å²) < 4.78 is 15.3. The van der Waals surface area contributed by atoms with Crippen molar-refractivity contribution in [2.45, 2.75) is 17.0 Å². The third-order valence-electron chi connectivity index (χ3n) is 4.29. The van der Waals surface area contributed by atoms with Crippen LogP contribution in [0, 0.1) is 5.82 Å². The van der Waals surface area contributed by atoms with Crippen molar-refractivity contribution in [3.05, 3.63) is 108 Å². The number of nitrogens with zero attached hydrogens (tertiary/aromatic N) is 3. The summed E-state index contributed by atoms with van der Waals surface area (Å²) >= 11 is 1.45. The Labute approximate surface area is 166 Å². The van der Waals surface area contributed by atoms with Gasteiger partial charge in [0.25, 0.3) is 0 Å². The van der Waals surface area contributed by atoms with E-state index in [9.17, 15) is 9.50 Å². The van der Waals surface area contributed by atoms with E-state index in [2.05, 4.69) is 10.2 Å². The number of hydrogen-bond donors (Lipinski definition) is 1. The smallest absolute Gasteiger partial charge is 0.196 e. The highest BCUT2D eigenvalue weighted by Crippen LogP contribution is 2.29. The van der Waals surface area contributed by atoms with Crippen molar-refractivity contribution < 1.29 is 9.50 Å². The topological polar surface area (TPSA) is 50.9 Å². The van der Waals surface area contributed by atoms with Crippen LogP contribution in [0.4, 0.5) is 4.39 Å². The highest BCUT2D eigenvalue weighted by atomic mass is 32.2. The normalized spacial score (nSPS) is 12.1. The Bertz CT molecular complexity index is 1050. The van der Waals surface area contributed by atoms with Gasteiger partial charge in [0.2, 0.25) is 0 Å². The standard InChI is InChI=1S/C22H18FN3OS/c23-18-11-7-8-16(14-18)15-28-22-25-24-21(20(27)17-9-3-1-4-10-17)26(22)19-12-5-2-6-13-19/h1-14,20,27H,15H2. The summed E-state index contributed by atoms with van der Waals surface area (Å²) in [4.78, 5) is 0. The van der Waals surface area contributed by atoms with Gasteiger partial charge in [0, 0.05) is 11.4 Å². The lowest BCUT2D eigenvalue weighted by Gasteiger charge is -2.14. The zero-order valence-electron chi connectivity index (χ0n) is 14.9. The lowest BCUT2D eigenvalue weighted by Crippen LogP contribution is -2.09. The first-order valence-electron chi connectivity index (χ1n) is 8.83. The van der Waals surface area contributed by atoms with Gasteiger partial charge in [-0.25, -0.2) is 4.39 Å². The Morgan fingerprint density at radius 2 is 1.61 bits per heavy atom. The second kappa shape index (κ2) is 8.37. The van der Waals surface area contributed by atoms with E-state index in [0.717, 1.165) is 16.8 Å². The molecule has 0 aliphatic rings. The van der Waals surface area contributed by atoms with Gasteiger partial charge in [-0.2, -0.15) is 0 Å². The molecule has 0 aliphatic carbocycles. The zero-order chi connectivity index (χ0) is 19.3. The molecule has 1 atom stereocenters. The Morgan fingerprint density at radius 3 is 2.32 bits per heavy atom. The quantitative estimate of drug-likeness (QED) is 0.481. The van der Waals surface area contributed by atoms with Crippen molar-refractivity contribution in [2.75, 3.05) is 0 Å². The molecule has 0 saturated heterocycles. The molecule has 4 rings (SSSR count). The summed E-state index contributed by atoms with van der Waals surface area (Å²) in [5.74, 6) is 0.728. The molecule has 1 N–H and O–H groups in total. The van der Waals surface area contributed by atoms with Crippen LogP contribution in [0.5, 0.6) is 0 Å². The van der Waals surface area contributed by atoms with Crippen LogP contribution < -0.4 is 0 Å². The van der Waals surface area contributed by atoms with Crippen LogP contribution in [0.15, 0.2) is 90.1 Å². The molecule has 6 heteroatoms. The molecule has 0 saturated carbocycles. The highest BCUT2D eigenvalue weighted by molar-refractivity contribution is 7.98. The van der Waals surface area contributed by atoms with Crippen molar-refractivity contribution in [2.24, 2.45) is 0 Å². The number of halogens is 1. The number of thioether (sulfide) groups is 1. The van der Waals surface area contributed by atoms with Gasteiger partial charge in [-0.05, 0) is 35.4 Å². The average molecular weight is 391 g/mol. The van der Waals surface area contributed by atoms with Gasteiger partial charge in [-0.1, -0.05) is 72.4 Å². The maximum atomic E-state index is 13.5. The van der Waals surface area contributed by atoms with Gasteiger partial charge in [0.05, 0.1) is 0 Å². The summed E-state index contributed by atoms with van der Waals surface area (Å²) in [5, 5.41) is 20.1. The van der Waals surface area contributed by atoms with Gasteiger partial charge < -0.3 is 5.11 Å². The first kappa shape index (κ1) is 18.4. The minimum absolute atomic E-state index is 0.261. The number of rotatable bonds is 6. The molecule has 4 aromatic rings. The molecular weight excluding hydrogens is 373 g/mol. The van der Waals surface area contributed by atoms with Crippen LogP contribution in [0.3, 0.4) is 0 Å². The van der Waals surface area contributed by atoms with Crippen LogP contribution in [-0.4, -0.2) is 19.9 Å². The molecule has 0 bridgehead atoms. The largest absolute Gasteiger partial charge is 0.380 e. The number of para-hydroxylation sites is 1. The number of hydrogen-bond acceptors (Lipinski definition) is 4. The van der Waals surface area contributed by atoms with Crippen molar-refractivity contribution >= 4 is 11.8 Å². The Kier molecular flexibility index (Phi) is 5.50. The third kappa shape index (κ3) is 3.98. The first-order chi connectivity index (χ1) is 13.7. The lowest BCUT2D eigenvalue weighted by molar-refractivity contribution is 0.207. The molecule has 0 amide bonds. The minimum atomic E-state index is -0.905. The van der Waals surface area contributed by atoms with Gasteiger partial charge >= 0.3 is 0 Å². The molecule has 28 heavy (non-hydrogen) atoms. The van der Waals surface area contributed by atoms with E-state index in [1.54, 1.807) is 6.07 Å². The van der Waals surface area contributed by atoms with Gasteiger partial charge in [-0.15, -0.1) is 10.2 Å². The molecule has 140 valence electrons. The third-order valence-corrected chi connectivity index (χ3v) is 5.29. The van der Waals surface area contributed by atoms with E-state index in [1.165, 1.54) is 23.9 Å². The zero-order valence-corrected chi connectivity index (χ0v) is 15.8. The predicted molar refractivity (Wildman–Crippen MR) is 108 cm³/mol. The molecule has 3 aromatic carbocycles. The fourth-order valence-corrected chi connectivity index (χ4v) is 3.83. The van der Waals surface area contributed by atoms with E-state index in [-0.39, 0.29) is 5.82 Å². The molecular formula is C22H18FN3OS. The predicted octanol–water partition coefficient (Wildman–Crippen LogP) is 4.78. The Balaban J connectivity index is 1.70. The second-order valence-corrected chi connectivity index (χ2v) is 7.19. The maximum Gasteiger partial charge on any atom is 0.196 e. The summed E-state index contributed by atoms with van der Waals surface area (Å²) in [6.07, 6.45) is -0.905. The fourth-order valence-electron chi connectivity index (χ4n) is 2.93. The van der Waals surface area contributed by atoms with E-state index in [1.807, 2.05) is 71.3 Å². The second-order valence-electron chi connectivity index (χ2n) is 6.24. The first-order valence-corrected chi connectivity index (χ1v) is 9.82. The molecule has 4 nitrogen and oxygen atoms in total. The summed E-state index contributed by atoms with van der Waals surface area (Å²) in [6, 6.07) is 25.5. The summed E-state index contributed by atoms with van der Waals surface area (Å²) in [6.45, 7) is 0. The molecule has 0 aliphatic heterocycles. The van der Waals surface area contributed by atoms with Gasteiger partial charge in [-0.3, -0.25) is 4.57 Å². The van der Waals surface area contributed by atoms with Crippen LogP contribution >= 0.6 is 11.8 Å². The SMILES string of the molecule is OC(c1ccccc1)c1nnc(SCc2cccc(F)c2)n1-c1ccccc1.